The molecule has 0 radical (unpaired) electrons. The highest BCUT2D eigenvalue weighted by Crippen LogP contribution is 2.00. The minimum atomic E-state index is -0.236. The number of ether oxygens (including phenoxy) is 1. The Kier molecular flexibility index (Phi) is 5.95. The number of amides is 1. The molecular formula is C11H18N4O2. The van der Waals surface area contributed by atoms with Crippen LogP contribution in [0.5, 0.6) is 0 Å². The van der Waals surface area contributed by atoms with Crippen LogP contribution in [0, 0.1) is 0 Å². The Bertz CT molecular complexity index is 340. The van der Waals surface area contributed by atoms with Crippen molar-refractivity contribution in [1.82, 2.24) is 15.3 Å². The van der Waals surface area contributed by atoms with E-state index in [0.29, 0.717) is 31.3 Å². The second-order valence-electron chi connectivity index (χ2n) is 3.27. The number of hydrogen-bond acceptors (Lipinski definition) is 5. The number of carbonyl (C=O) groups is 1. The van der Waals surface area contributed by atoms with E-state index in [-0.39, 0.29) is 5.91 Å². The van der Waals surface area contributed by atoms with E-state index >= 15 is 0 Å². The highest BCUT2D eigenvalue weighted by atomic mass is 16.5. The molecule has 6 heteroatoms. The largest absolute Gasteiger partial charge is 0.380 e. The third kappa shape index (κ3) is 4.78. The number of nitrogens with zero attached hydrogens (tertiary/aromatic N) is 2. The smallest absolute Gasteiger partial charge is 0.271 e. The summed E-state index contributed by atoms with van der Waals surface area (Å²) < 4.78 is 5.11. The second-order valence-corrected chi connectivity index (χ2v) is 3.27. The highest BCUT2D eigenvalue weighted by molar-refractivity contribution is 5.91. The summed E-state index contributed by atoms with van der Waals surface area (Å²) in [5.41, 5.74) is 0.308. The molecule has 6 nitrogen and oxygen atoms in total. The number of rotatable bonds is 7. The lowest BCUT2D eigenvalue weighted by molar-refractivity contribution is 0.0917. The van der Waals surface area contributed by atoms with Crippen LogP contribution in [0.3, 0.4) is 0 Å². The molecule has 1 aromatic rings. The van der Waals surface area contributed by atoms with Crippen molar-refractivity contribution < 1.29 is 9.53 Å². The zero-order valence-corrected chi connectivity index (χ0v) is 10.2. The van der Waals surface area contributed by atoms with E-state index in [9.17, 15) is 4.79 Å². The van der Waals surface area contributed by atoms with E-state index in [4.69, 9.17) is 4.74 Å². The molecule has 94 valence electrons. The topological polar surface area (TPSA) is 76.1 Å². The third-order valence-corrected chi connectivity index (χ3v) is 1.98. The van der Waals surface area contributed by atoms with Gasteiger partial charge in [0.1, 0.15) is 11.5 Å². The zero-order chi connectivity index (χ0) is 12.5. The third-order valence-electron chi connectivity index (χ3n) is 1.98. The van der Waals surface area contributed by atoms with Gasteiger partial charge in [-0.3, -0.25) is 4.79 Å². The van der Waals surface area contributed by atoms with E-state index < -0.39 is 0 Å². The fourth-order valence-corrected chi connectivity index (χ4v) is 1.19. The van der Waals surface area contributed by atoms with E-state index in [2.05, 4.69) is 20.6 Å². The molecule has 1 heterocycles. The molecule has 0 aliphatic heterocycles. The first-order valence-electron chi connectivity index (χ1n) is 5.69. The first kappa shape index (κ1) is 13.4. The van der Waals surface area contributed by atoms with Gasteiger partial charge in [-0.05, 0) is 13.8 Å². The average molecular weight is 238 g/mol. The zero-order valence-electron chi connectivity index (χ0n) is 10.2. The Hall–Kier alpha value is -1.69. The molecule has 0 bridgehead atoms. The predicted octanol–water partition coefficient (Wildman–Crippen LogP) is 0.675. The SMILES string of the molecule is CCNc1cnc(C(=O)NCCOCC)cn1. The van der Waals surface area contributed by atoms with Crippen molar-refractivity contribution in [1.29, 1.82) is 0 Å². The summed E-state index contributed by atoms with van der Waals surface area (Å²) in [6, 6.07) is 0. The van der Waals surface area contributed by atoms with Gasteiger partial charge >= 0.3 is 0 Å². The van der Waals surface area contributed by atoms with Crippen molar-refractivity contribution in [3.05, 3.63) is 18.1 Å². The maximum Gasteiger partial charge on any atom is 0.271 e. The van der Waals surface area contributed by atoms with Crippen LogP contribution in [0.15, 0.2) is 12.4 Å². The molecule has 1 amide bonds. The maximum atomic E-state index is 11.6. The van der Waals surface area contributed by atoms with E-state index in [1.165, 1.54) is 6.20 Å². The summed E-state index contributed by atoms with van der Waals surface area (Å²) in [4.78, 5) is 19.7. The fourth-order valence-electron chi connectivity index (χ4n) is 1.19. The Morgan fingerprint density at radius 1 is 1.35 bits per heavy atom. The van der Waals surface area contributed by atoms with Crippen LogP contribution in [-0.2, 0) is 4.74 Å². The number of aromatic nitrogens is 2. The normalized spacial score (nSPS) is 10.0. The molecule has 0 fully saturated rings. The molecule has 0 aliphatic rings. The van der Waals surface area contributed by atoms with Crippen LogP contribution < -0.4 is 10.6 Å². The average Bonchev–Trinajstić information content (AvgIpc) is 2.36. The van der Waals surface area contributed by atoms with E-state index in [1.54, 1.807) is 6.20 Å². The first-order chi connectivity index (χ1) is 8.27. The Morgan fingerprint density at radius 2 is 2.18 bits per heavy atom. The number of hydrogen-bond donors (Lipinski definition) is 2. The van der Waals surface area contributed by atoms with Crippen LogP contribution in [0.25, 0.3) is 0 Å². The summed E-state index contributed by atoms with van der Waals surface area (Å²) in [5, 5.41) is 5.71. The van der Waals surface area contributed by atoms with Crippen molar-refractivity contribution >= 4 is 11.7 Å². The molecule has 0 saturated heterocycles. The van der Waals surface area contributed by atoms with Gasteiger partial charge < -0.3 is 15.4 Å². The molecule has 0 saturated carbocycles. The molecule has 1 aromatic heterocycles. The van der Waals surface area contributed by atoms with Gasteiger partial charge in [-0.15, -0.1) is 0 Å². The van der Waals surface area contributed by atoms with Crippen LogP contribution >= 0.6 is 0 Å². The van der Waals surface area contributed by atoms with Gasteiger partial charge in [0, 0.05) is 19.7 Å². The second kappa shape index (κ2) is 7.56. The van der Waals surface area contributed by atoms with Gasteiger partial charge in [-0.2, -0.15) is 0 Å². The predicted molar refractivity (Wildman–Crippen MR) is 65.0 cm³/mol. The van der Waals surface area contributed by atoms with Gasteiger partial charge in [0.25, 0.3) is 5.91 Å². The molecule has 17 heavy (non-hydrogen) atoms. The Labute approximate surface area is 101 Å². The first-order valence-corrected chi connectivity index (χ1v) is 5.69. The lowest BCUT2D eigenvalue weighted by Gasteiger charge is -2.05. The summed E-state index contributed by atoms with van der Waals surface area (Å²) >= 11 is 0. The molecule has 0 atom stereocenters. The summed E-state index contributed by atoms with van der Waals surface area (Å²) in [6.45, 7) is 6.28. The highest BCUT2D eigenvalue weighted by Gasteiger charge is 2.06. The molecule has 0 aromatic carbocycles. The molecule has 0 aliphatic carbocycles. The summed E-state index contributed by atoms with van der Waals surface area (Å²) in [5.74, 6) is 0.429. The lowest BCUT2D eigenvalue weighted by Crippen LogP contribution is -2.28. The van der Waals surface area contributed by atoms with Crippen molar-refractivity contribution in [2.75, 3.05) is 31.6 Å². The standard InChI is InChI=1S/C11H18N4O2/c1-3-12-10-8-14-9(7-15-10)11(16)13-5-6-17-4-2/h7-8H,3-6H2,1-2H3,(H,12,15)(H,13,16). The molecule has 1 rings (SSSR count). The van der Waals surface area contributed by atoms with Gasteiger partial charge in [0.2, 0.25) is 0 Å². The van der Waals surface area contributed by atoms with Crippen LogP contribution in [0.1, 0.15) is 24.3 Å². The van der Waals surface area contributed by atoms with E-state index in [0.717, 1.165) is 6.54 Å². The van der Waals surface area contributed by atoms with Crippen LogP contribution in [0.2, 0.25) is 0 Å². The Morgan fingerprint density at radius 3 is 2.76 bits per heavy atom. The maximum absolute atomic E-state index is 11.6. The molecule has 0 spiro atoms. The number of nitrogens with one attached hydrogen (secondary N) is 2. The lowest BCUT2D eigenvalue weighted by atomic mass is 10.4. The van der Waals surface area contributed by atoms with Crippen LogP contribution in [-0.4, -0.2) is 42.2 Å². The number of carbonyl (C=O) groups excluding carboxylic acids is 1. The summed E-state index contributed by atoms with van der Waals surface area (Å²) in [6.07, 6.45) is 3.00. The summed E-state index contributed by atoms with van der Waals surface area (Å²) in [7, 11) is 0. The van der Waals surface area contributed by atoms with Gasteiger partial charge in [-0.25, -0.2) is 9.97 Å². The quantitative estimate of drug-likeness (QED) is 0.683. The minimum Gasteiger partial charge on any atom is -0.380 e. The Balaban J connectivity index is 2.40. The van der Waals surface area contributed by atoms with Crippen molar-refractivity contribution in [2.45, 2.75) is 13.8 Å². The van der Waals surface area contributed by atoms with E-state index in [1.807, 2.05) is 13.8 Å². The van der Waals surface area contributed by atoms with Gasteiger partial charge in [-0.1, -0.05) is 0 Å². The number of anilines is 1. The fraction of sp³-hybridized carbons (Fsp3) is 0.545. The molecular weight excluding hydrogens is 220 g/mol. The monoisotopic (exact) mass is 238 g/mol. The minimum absolute atomic E-state index is 0.236. The van der Waals surface area contributed by atoms with Crippen molar-refractivity contribution in [3.8, 4) is 0 Å². The van der Waals surface area contributed by atoms with Gasteiger partial charge in [0.15, 0.2) is 0 Å². The molecule has 2 N–H and O–H groups in total. The molecule has 0 unspecified atom stereocenters. The van der Waals surface area contributed by atoms with Crippen molar-refractivity contribution in [2.24, 2.45) is 0 Å². The van der Waals surface area contributed by atoms with Gasteiger partial charge in [0.05, 0.1) is 19.0 Å². The van der Waals surface area contributed by atoms with Crippen LogP contribution in [0.4, 0.5) is 5.82 Å². The van der Waals surface area contributed by atoms with Crippen molar-refractivity contribution in [3.63, 3.8) is 0 Å².